The van der Waals surface area contributed by atoms with Gasteiger partial charge in [-0.2, -0.15) is 18.3 Å². The number of halogens is 5. The molecule has 168 valence electrons. The molecule has 1 aromatic carbocycles. The number of alkyl halides is 3. The Morgan fingerprint density at radius 2 is 1.91 bits per heavy atom. The first-order chi connectivity index (χ1) is 15.2. The smallest absolute Gasteiger partial charge is 0.355 e. The van der Waals surface area contributed by atoms with E-state index >= 15 is 0 Å². The van der Waals surface area contributed by atoms with Gasteiger partial charge < -0.3 is 10.2 Å². The molecule has 1 aliphatic heterocycles. The van der Waals surface area contributed by atoms with Gasteiger partial charge in [0.25, 0.3) is 0 Å². The minimum Gasteiger partial charge on any atom is -0.355 e. The highest BCUT2D eigenvalue weighted by atomic mass is 35.5. The summed E-state index contributed by atoms with van der Waals surface area (Å²) in [5.41, 5.74) is 0.228. The summed E-state index contributed by atoms with van der Waals surface area (Å²) >= 11 is 12.1. The van der Waals surface area contributed by atoms with Crippen molar-refractivity contribution >= 4 is 40.6 Å². The minimum atomic E-state index is -4.51. The van der Waals surface area contributed by atoms with Gasteiger partial charge in [0.1, 0.15) is 18.5 Å². The van der Waals surface area contributed by atoms with Crippen LogP contribution < -0.4 is 10.2 Å². The Labute approximate surface area is 191 Å². The molecule has 1 amide bonds. The van der Waals surface area contributed by atoms with Crippen LogP contribution in [0.1, 0.15) is 18.4 Å². The van der Waals surface area contributed by atoms with Gasteiger partial charge in [0.15, 0.2) is 0 Å². The molecule has 2 aromatic heterocycles. The third-order valence-corrected chi connectivity index (χ3v) is 5.71. The van der Waals surface area contributed by atoms with E-state index < -0.39 is 11.7 Å². The third-order valence-electron chi connectivity index (χ3n) is 5.20. The number of aromatic nitrogens is 4. The van der Waals surface area contributed by atoms with E-state index in [1.54, 1.807) is 23.1 Å². The third kappa shape index (κ3) is 4.81. The van der Waals surface area contributed by atoms with E-state index in [4.69, 9.17) is 23.2 Å². The number of carbonyl (C=O) groups is 1. The SMILES string of the molecule is O=C(Nc1cc(Cl)ccc1-n1cncn1)C1CCN(c2ncc(C(F)(F)F)cc2Cl)CC1. The molecule has 0 radical (unpaired) electrons. The molecule has 0 saturated carbocycles. The molecule has 0 aliphatic carbocycles. The predicted molar refractivity (Wildman–Crippen MR) is 114 cm³/mol. The number of hydrogen-bond donors (Lipinski definition) is 1. The van der Waals surface area contributed by atoms with Gasteiger partial charge in [0.2, 0.25) is 5.91 Å². The lowest BCUT2D eigenvalue weighted by Gasteiger charge is -2.32. The van der Waals surface area contributed by atoms with Gasteiger partial charge in [-0.1, -0.05) is 23.2 Å². The van der Waals surface area contributed by atoms with Crippen LogP contribution in [-0.2, 0) is 11.0 Å². The second-order valence-electron chi connectivity index (χ2n) is 7.28. The molecule has 3 aromatic rings. The molecule has 1 N–H and O–H groups in total. The molecule has 1 fully saturated rings. The van der Waals surface area contributed by atoms with Crippen LogP contribution in [0.5, 0.6) is 0 Å². The highest BCUT2D eigenvalue weighted by Crippen LogP contribution is 2.35. The van der Waals surface area contributed by atoms with Crippen molar-refractivity contribution in [1.82, 2.24) is 19.7 Å². The Kier molecular flexibility index (Phi) is 6.25. The number of carbonyl (C=O) groups excluding carboxylic acids is 1. The van der Waals surface area contributed by atoms with Gasteiger partial charge in [-0.3, -0.25) is 4.79 Å². The molecule has 0 spiro atoms. The van der Waals surface area contributed by atoms with E-state index in [-0.39, 0.29) is 22.7 Å². The van der Waals surface area contributed by atoms with Crippen LogP contribution in [-0.4, -0.2) is 38.7 Å². The second kappa shape index (κ2) is 8.95. The summed E-state index contributed by atoms with van der Waals surface area (Å²) in [6.45, 7) is 0.864. The lowest BCUT2D eigenvalue weighted by atomic mass is 9.95. The van der Waals surface area contributed by atoms with Crippen LogP contribution in [0.3, 0.4) is 0 Å². The summed E-state index contributed by atoms with van der Waals surface area (Å²) in [4.78, 5) is 22.5. The lowest BCUT2D eigenvalue weighted by Crippen LogP contribution is -2.38. The summed E-state index contributed by atoms with van der Waals surface area (Å²) in [6.07, 6.45) is 0.138. The summed E-state index contributed by atoms with van der Waals surface area (Å²) in [5, 5.41) is 7.38. The van der Waals surface area contributed by atoms with Crippen LogP contribution >= 0.6 is 23.2 Å². The van der Waals surface area contributed by atoms with E-state index in [2.05, 4.69) is 20.4 Å². The molecule has 32 heavy (non-hydrogen) atoms. The van der Waals surface area contributed by atoms with Gasteiger partial charge in [0.05, 0.1) is 22.0 Å². The summed E-state index contributed by atoms with van der Waals surface area (Å²) in [5.74, 6) is -0.191. The molecule has 3 heterocycles. The quantitative estimate of drug-likeness (QED) is 0.573. The maximum Gasteiger partial charge on any atom is 0.417 e. The largest absolute Gasteiger partial charge is 0.417 e. The molecule has 0 bridgehead atoms. The molecule has 4 rings (SSSR count). The number of benzene rings is 1. The Morgan fingerprint density at radius 1 is 1.16 bits per heavy atom. The van der Waals surface area contributed by atoms with Crippen LogP contribution in [0.2, 0.25) is 10.0 Å². The molecule has 12 heteroatoms. The fourth-order valence-electron chi connectivity index (χ4n) is 3.55. The van der Waals surface area contributed by atoms with Crippen LogP contribution in [0.15, 0.2) is 43.1 Å². The number of amides is 1. The van der Waals surface area contributed by atoms with Crippen molar-refractivity contribution in [1.29, 1.82) is 0 Å². The number of nitrogens with zero attached hydrogens (tertiary/aromatic N) is 5. The average Bonchev–Trinajstić information content (AvgIpc) is 3.28. The van der Waals surface area contributed by atoms with E-state index in [1.165, 1.54) is 17.3 Å². The van der Waals surface area contributed by atoms with Gasteiger partial charge in [-0.25, -0.2) is 14.6 Å². The maximum atomic E-state index is 12.9. The van der Waals surface area contributed by atoms with E-state index in [0.29, 0.717) is 42.3 Å². The highest BCUT2D eigenvalue weighted by Gasteiger charge is 2.33. The molecule has 7 nitrogen and oxygen atoms in total. The van der Waals surface area contributed by atoms with E-state index in [0.717, 1.165) is 12.3 Å². The predicted octanol–water partition coefficient (Wildman–Crippen LogP) is 4.84. The van der Waals surface area contributed by atoms with Crippen molar-refractivity contribution in [2.45, 2.75) is 19.0 Å². The van der Waals surface area contributed by atoms with Gasteiger partial charge in [-0.05, 0) is 37.1 Å². The zero-order valence-electron chi connectivity index (χ0n) is 16.5. The molecule has 0 unspecified atom stereocenters. The summed E-state index contributed by atoms with van der Waals surface area (Å²) in [7, 11) is 0. The number of hydrogen-bond acceptors (Lipinski definition) is 5. The van der Waals surface area contributed by atoms with Gasteiger partial charge in [-0.15, -0.1) is 0 Å². The number of piperidine rings is 1. The first-order valence-corrected chi connectivity index (χ1v) is 10.4. The number of nitrogens with one attached hydrogen (secondary N) is 1. The first kappa shape index (κ1) is 22.3. The zero-order chi connectivity index (χ0) is 22.9. The highest BCUT2D eigenvalue weighted by molar-refractivity contribution is 6.33. The van der Waals surface area contributed by atoms with Gasteiger partial charge in [0, 0.05) is 30.2 Å². The van der Waals surface area contributed by atoms with Crippen molar-refractivity contribution in [3.63, 3.8) is 0 Å². The Morgan fingerprint density at radius 3 is 2.53 bits per heavy atom. The van der Waals surface area contributed by atoms with Crippen molar-refractivity contribution in [3.05, 3.63) is 58.7 Å². The average molecular weight is 485 g/mol. The normalized spacial score (nSPS) is 15.1. The Hall–Kier alpha value is -2.85. The van der Waals surface area contributed by atoms with Crippen molar-refractivity contribution in [2.24, 2.45) is 5.92 Å². The van der Waals surface area contributed by atoms with Gasteiger partial charge >= 0.3 is 6.18 Å². The lowest BCUT2D eigenvalue weighted by molar-refractivity contribution is -0.137. The molecule has 1 aliphatic rings. The standard InChI is InChI=1S/C20H17Cl2F3N6O/c21-14-1-2-17(31-11-26-10-28-31)16(8-14)29-19(32)12-3-5-30(6-4-12)18-15(22)7-13(9-27-18)20(23,24)25/h1-2,7-12H,3-6H2,(H,29,32). The molecular weight excluding hydrogens is 468 g/mol. The van der Waals surface area contributed by atoms with Crippen molar-refractivity contribution in [3.8, 4) is 5.69 Å². The number of pyridine rings is 1. The van der Waals surface area contributed by atoms with Crippen LogP contribution in [0.25, 0.3) is 5.69 Å². The fraction of sp³-hybridized carbons (Fsp3) is 0.300. The maximum absolute atomic E-state index is 12.9. The summed E-state index contributed by atoms with van der Waals surface area (Å²) in [6, 6.07) is 5.92. The monoisotopic (exact) mass is 484 g/mol. The fourth-order valence-corrected chi connectivity index (χ4v) is 4.01. The van der Waals surface area contributed by atoms with E-state index in [1.807, 2.05) is 0 Å². The van der Waals surface area contributed by atoms with E-state index in [9.17, 15) is 18.0 Å². The molecule has 1 saturated heterocycles. The zero-order valence-corrected chi connectivity index (χ0v) is 18.0. The minimum absolute atomic E-state index is 0.0703. The molecular formula is C20H17Cl2F3N6O. The Bertz CT molecular complexity index is 1120. The van der Waals surface area contributed by atoms with Crippen molar-refractivity contribution < 1.29 is 18.0 Å². The Balaban J connectivity index is 1.42. The number of anilines is 2. The van der Waals surface area contributed by atoms with Crippen LogP contribution in [0.4, 0.5) is 24.7 Å². The van der Waals surface area contributed by atoms with Crippen LogP contribution in [0, 0.1) is 5.92 Å². The van der Waals surface area contributed by atoms with Crippen molar-refractivity contribution in [2.75, 3.05) is 23.3 Å². The first-order valence-electron chi connectivity index (χ1n) is 9.65. The second-order valence-corrected chi connectivity index (χ2v) is 8.12. The topological polar surface area (TPSA) is 75.9 Å². The molecule has 0 atom stereocenters. The summed E-state index contributed by atoms with van der Waals surface area (Å²) < 4.78 is 40.0. The number of rotatable bonds is 4.